The van der Waals surface area contributed by atoms with Gasteiger partial charge in [0.1, 0.15) is 0 Å². The fourth-order valence-corrected chi connectivity index (χ4v) is 3.46. The normalized spacial score (nSPS) is 11.0. The fraction of sp³-hybridized carbons (Fsp3) is 0.917. The van der Waals surface area contributed by atoms with Crippen LogP contribution in [0.1, 0.15) is 124 Å². The molecule has 4 nitrogen and oxygen atoms in total. The zero-order valence-electron chi connectivity index (χ0n) is 18.9. The van der Waals surface area contributed by atoms with Crippen LogP contribution in [-0.2, 0) is 19.1 Å². The molecule has 0 bridgehead atoms. The Kier molecular flexibility index (Phi) is 19.9. The van der Waals surface area contributed by atoms with Crippen molar-refractivity contribution < 1.29 is 19.1 Å². The van der Waals surface area contributed by atoms with E-state index in [1.165, 1.54) is 51.4 Å². The minimum absolute atomic E-state index is 0.127. The zero-order chi connectivity index (χ0) is 20.9. The summed E-state index contributed by atoms with van der Waals surface area (Å²) >= 11 is 0. The number of rotatable bonds is 20. The van der Waals surface area contributed by atoms with Gasteiger partial charge >= 0.3 is 11.9 Å². The number of unbranched alkanes of at least 4 members (excludes halogenated alkanes) is 9. The maximum atomic E-state index is 11.8. The van der Waals surface area contributed by atoms with Gasteiger partial charge in [0.15, 0.2) is 0 Å². The summed E-state index contributed by atoms with van der Waals surface area (Å²) in [6, 6.07) is 0. The Morgan fingerprint density at radius 1 is 0.607 bits per heavy atom. The molecule has 0 N–H and O–H groups in total. The highest BCUT2D eigenvalue weighted by Crippen LogP contribution is 2.14. The lowest BCUT2D eigenvalue weighted by Crippen LogP contribution is -2.16. The van der Waals surface area contributed by atoms with Crippen molar-refractivity contribution in [2.75, 3.05) is 13.2 Å². The van der Waals surface area contributed by atoms with Crippen LogP contribution in [0.3, 0.4) is 0 Å². The van der Waals surface area contributed by atoms with Crippen LogP contribution in [0.5, 0.6) is 0 Å². The maximum absolute atomic E-state index is 11.8. The second-order valence-corrected chi connectivity index (χ2v) is 8.03. The summed E-state index contributed by atoms with van der Waals surface area (Å²) in [5.41, 5.74) is 0. The van der Waals surface area contributed by atoms with Gasteiger partial charge in [-0.15, -0.1) is 0 Å². The molecule has 0 atom stereocenters. The molecule has 0 saturated heterocycles. The predicted octanol–water partition coefficient (Wildman–Crippen LogP) is 6.99. The van der Waals surface area contributed by atoms with E-state index in [0.29, 0.717) is 19.1 Å². The van der Waals surface area contributed by atoms with E-state index in [-0.39, 0.29) is 24.8 Å². The molecule has 0 aromatic heterocycles. The van der Waals surface area contributed by atoms with Crippen molar-refractivity contribution in [3.63, 3.8) is 0 Å². The van der Waals surface area contributed by atoms with Crippen molar-refractivity contribution >= 4 is 11.9 Å². The highest BCUT2D eigenvalue weighted by Gasteiger charge is 2.12. The second-order valence-electron chi connectivity index (χ2n) is 8.03. The molecule has 0 aliphatic heterocycles. The summed E-state index contributed by atoms with van der Waals surface area (Å²) in [6.45, 7) is 7.49. The molecule has 0 aliphatic rings. The van der Waals surface area contributed by atoms with Crippen LogP contribution in [0, 0.1) is 5.92 Å². The standard InChI is InChI=1S/C24H46O4/c1-4-7-8-9-10-11-12-13-14-15-20-27-23(25)18-19-24(26)28-21-22(16-5-2)17-6-3/h22H,4-21H2,1-3H3. The minimum atomic E-state index is -0.286. The van der Waals surface area contributed by atoms with Gasteiger partial charge in [-0.05, 0) is 25.2 Å². The lowest BCUT2D eigenvalue weighted by molar-refractivity contribution is -0.151. The van der Waals surface area contributed by atoms with Crippen molar-refractivity contribution in [1.82, 2.24) is 0 Å². The first kappa shape index (κ1) is 26.9. The third kappa shape index (κ3) is 18.3. The first-order valence-corrected chi connectivity index (χ1v) is 11.9. The molecule has 166 valence electrons. The van der Waals surface area contributed by atoms with E-state index in [0.717, 1.165) is 38.5 Å². The molecule has 0 fully saturated rings. The summed E-state index contributed by atoms with van der Waals surface area (Å²) in [7, 11) is 0. The first-order chi connectivity index (χ1) is 13.6. The van der Waals surface area contributed by atoms with Crippen molar-refractivity contribution in [2.45, 2.75) is 124 Å². The smallest absolute Gasteiger partial charge is 0.306 e. The number of hydrogen-bond acceptors (Lipinski definition) is 4. The summed E-state index contributed by atoms with van der Waals surface area (Å²) in [6.07, 6.45) is 17.2. The van der Waals surface area contributed by atoms with Crippen LogP contribution in [0.4, 0.5) is 0 Å². The van der Waals surface area contributed by atoms with Gasteiger partial charge in [0.25, 0.3) is 0 Å². The third-order valence-corrected chi connectivity index (χ3v) is 5.17. The molecule has 28 heavy (non-hydrogen) atoms. The highest BCUT2D eigenvalue weighted by atomic mass is 16.5. The van der Waals surface area contributed by atoms with Gasteiger partial charge < -0.3 is 9.47 Å². The quantitative estimate of drug-likeness (QED) is 0.164. The molecule has 0 saturated carbocycles. The minimum Gasteiger partial charge on any atom is -0.466 e. The predicted molar refractivity (Wildman–Crippen MR) is 116 cm³/mol. The highest BCUT2D eigenvalue weighted by molar-refractivity contribution is 5.77. The average molecular weight is 399 g/mol. The summed E-state index contributed by atoms with van der Waals surface area (Å²) in [5, 5.41) is 0. The first-order valence-electron chi connectivity index (χ1n) is 11.9. The van der Waals surface area contributed by atoms with E-state index in [2.05, 4.69) is 20.8 Å². The van der Waals surface area contributed by atoms with E-state index in [1.807, 2.05) is 0 Å². The van der Waals surface area contributed by atoms with Gasteiger partial charge in [-0.1, -0.05) is 91.4 Å². The third-order valence-electron chi connectivity index (χ3n) is 5.17. The molecule has 0 radical (unpaired) electrons. The Bertz CT molecular complexity index is 362. The molecule has 4 heteroatoms. The van der Waals surface area contributed by atoms with Gasteiger partial charge in [-0.3, -0.25) is 9.59 Å². The summed E-state index contributed by atoms with van der Waals surface area (Å²) in [4.78, 5) is 23.5. The van der Waals surface area contributed by atoms with E-state index in [4.69, 9.17) is 9.47 Å². The van der Waals surface area contributed by atoms with Crippen LogP contribution in [0.15, 0.2) is 0 Å². The Morgan fingerprint density at radius 2 is 1.07 bits per heavy atom. The lowest BCUT2D eigenvalue weighted by atomic mass is 9.99. The fourth-order valence-electron chi connectivity index (χ4n) is 3.46. The van der Waals surface area contributed by atoms with Crippen LogP contribution in [0.25, 0.3) is 0 Å². The molecular formula is C24H46O4. The molecule has 0 spiro atoms. The SMILES string of the molecule is CCCCCCCCCCCCOC(=O)CCC(=O)OCC(CCC)CCC. The Labute approximate surface area is 174 Å². The van der Waals surface area contributed by atoms with Crippen molar-refractivity contribution in [1.29, 1.82) is 0 Å². The monoisotopic (exact) mass is 398 g/mol. The average Bonchev–Trinajstić information content (AvgIpc) is 2.69. The van der Waals surface area contributed by atoms with E-state index < -0.39 is 0 Å². The van der Waals surface area contributed by atoms with Gasteiger partial charge in [0.2, 0.25) is 0 Å². The Balaban J connectivity index is 3.50. The van der Waals surface area contributed by atoms with Crippen LogP contribution < -0.4 is 0 Å². The van der Waals surface area contributed by atoms with Crippen molar-refractivity contribution in [3.05, 3.63) is 0 Å². The maximum Gasteiger partial charge on any atom is 0.306 e. The molecule has 0 aromatic carbocycles. The number of ether oxygens (including phenoxy) is 2. The molecule has 0 amide bonds. The van der Waals surface area contributed by atoms with Crippen molar-refractivity contribution in [3.8, 4) is 0 Å². The molecule has 0 rings (SSSR count). The number of esters is 2. The van der Waals surface area contributed by atoms with Gasteiger partial charge in [-0.25, -0.2) is 0 Å². The molecule has 0 aliphatic carbocycles. The zero-order valence-corrected chi connectivity index (χ0v) is 18.9. The van der Waals surface area contributed by atoms with Crippen LogP contribution in [-0.4, -0.2) is 25.2 Å². The van der Waals surface area contributed by atoms with Gasteiger partial charge in [-0.2, -0.15) is 0 Å². The van der Waals surface area contributed by atoms with Crippen LogP contribution >= 0.6 is 0 Å². The largest absolute Gasteiger partial charge is 0.466 e. The lowest BCUT2D eigenvalue weighted by Gasteiger charge is -2.15. The molecule has 0 heterocycles. The second kappa shape index (κ2) is 20.7. The Morgan fingerprint density at radius 3 is 1.57 bits per heavy atom. The van der Waals surface area contributed by atoms with Gasteiger partial charge in [0.05, 0.1) is 26.1 Å². The summed E-state index contributed by atoms with van der Waals surface area (Å²) < 4.78 is 10.5. The van der Waals surface area contributed by atoms with E-state index in [1.54, 1.807) is 0 Å². The van der Waals surface area contributed by atoms with Crippen LogP contribution in [0.2, 0.25) is 0 Å². The Hall–Kier alpha value is -1.06. The number of hydrogen-bond donors (Lipinski definition) is 0. The van der Waals surface area contributed by atoms with Gasteiger partial charge in [0, 0.05) is 0 Å². The topological polar surface area (TPSA) is 52.6 Å². The summed E-state index contributed by atoms with van der Waals surface area (Å²) in [5.74, 6) is -0.123. The molecule has 0 unspecified atom stereocenters. The number of carbonyl (C=O) groups is 2. The molecule has 0 aromatic rings. The van der Waals surface area contributed by atoms with E-state index >= 15 is 0 Å². The van der Waals surface area contributed by atoms with E-state index in [9.17, 15) is 9.59 Å². The molecular weight excluding hydrogens is 352 g/mol. The van der Waals surface area contributed by atoms with Crippen molar-refractivity contribution in [2.24, 2.45) is 5.92 Å². The number of carbonyl (C=O) groups excluding carboxylic acids is 2.